The Morgan fingerprint density at radius 2 is 2.00 bits per heavy atom. The maximum atomic E-state index is 12.2. The molecule has 98 valence electrons. The van der Waals surface area contributed by atoms with E-state index in [1.54, 1.807) is 0 Å². The van der Waals surface area contributed by atoms with Crippen LogP contribution >= 0.6 is 0 Å². The van der Waals surface area contributed by atoms with Crippen molar-refractivity contribution in [3.8, 4) is 0 Å². The molecule has 1 unspecified atom stereocenters. The number of nitrogens with zero attached hydrogens (tertiary/aromatic N) is 1. The van der Waals surface area contributed by atoms with Gasteiger partial charge in [0.2, 0.25) is 0 Å². The summed E-state index contributed by atoms with van der Waals surface area (Å²) < 4.78 is 0. The van der Waals surface area contributed by atoms with Crippen LogP contribution in [0.5, 0.6) is 0 Å². The maximum absolute atomic E-state index is 12.2. The number of nitrogens with one attached hydrogen (secondary N) is 2. The van der Waals surface area contributed by atoms with Crippen molar-refractivity contribution in [2.24, 2.45) is 0 Å². The first-order chi connectivity index (χ1) is 8.84. The summed E-state index contributed by atoms with van der Waals surface area (Å²) in [7, 11) is 0. The van der Waals surface area contributed by atoms with Crippen molar-refractivity contribution >= 4 is 0 Å². The number of aromatic nitrogens is 2. The van der Waals surface area contributed by atoms with Gasteiger partial charge in [-0.2, -0.15) is 0 Å². The fraction of sp³-hybridized carbons (Fsp3) is 0.714. The van der Waals surface area contributed by atoms with Gasteiger partial charge < -0.3 is 10.3 Å². The lowest BCUT2D eigenvalue weighted by molar-refractivity contribution is 0.444. The van der Waals surface area contributed by atoms with Gasteiger partial charge in [0.25, 0.3) is 5.56 Å². The molecule has 2 heterocycles. The van der Waals surface area contributed by atoms with Gasteiger partial charge in [-0.1, -0.05) is 6.42 Å². The van der Waals surface area contributed by atoms with E-state index in [1.165, 1.54) is 19.3 Å². The van der Waals surface area contributed by atoms with Gasteiger partial charge in [-0.15, -0.1) is 0 Å². The molecule has 2 N–H and O–H groups in total. The lowest BCUT2D eigenvalue weighted by Gasteiger charge is -2.22. The van der Waals surface area contributed by atoms with E-state index in [0.29, 0.717) is 5.92 Å². The van der Waals surface area contributed by atoms with Gasteiger partial charge in [0.1, 0.15) is 5.82 Å². The predicted octanol–water partition coefficient (Wildman–Crippen LogP) is 1.51. The summed E-state index contributed by atoms with van der Waals surface area (Å²) in [6.45, 7) is 2.04. The van der Waals surface area contributed by atoms with E-state index in [0.717, 1.165) is 55.9 Å². The van der Waals surface area contributed by atoms with E-state index in [4.69, 9.17) is 4.98 Å². The quantitative estimate of drug-likeness (QED) is 0.740. The first-order valence-corrected chi connectivity index (χ1v) is 7.17. The lowest BCUT2D eigenvalue weighted by Crippen LogP contribution is -2.31. The molecular formula is C14H21N3O. The first kappa shape index (κ1) is 11.9. The number of H-pyrrole nitrogens is 1. The van der Waals surface area contributed by atoms with E-state index < -0.39 is 0 Å². The molecule has 0 amide bonds. The molecule has 1 aliphatic heterocycles. The number of fused-ring (bicyclic) bond motifs is 1. The average Bonchev–Trinajstić information content (AvgIpc) is 2.65. The van der Waals surface area contributed by atoms with Crippen molar-refractivity contribution in [1.82, 2.24) is 15.3 Å². The molecule has 4 nitrogen and oxygen atoms in total. The highest BCUT2D eigenvalue weighted by atomic mass is 16.1. The molecule has 18 heavy (non-hydrogen) atoms. The van der Waals surface area contributed by atoms with Crippen LogP contribution in [0.25, 0.3) is 0 Å². The standard InChI is InChI=1S/C14H21N3O/c18-14-11-6-2-1-3-7-12(11)16-13(17-14)10-5-4-8-15-9-10/h10,15H,1-9H2,(H,16,17,18). The summed E-state index contributed by atoms with van der Waals surface area (Å²) in [6.07, 6.45) is 7.71. The molecule has 1 atom stereocenters. The van der Waals surface area contributed by atoms with Crippen molar-refractivity contribution < 1.29 is 0 Å². The number of hydrogen-bond donors (Lipinski definition) is 2. The second kappa shape index (κ2) is 5.22. The van der Waals surface area contributed by atoms with Crippen molar-refractivity contribution in [2.45, 2.75) is 50.9 Å². The van der Waals surface area contributed by atoms with Gasteiger partial charge in [0.15, 0.2) is 0 Å². The van der Waals surface area contributed by atoms with Gasteiger partial charge in [-0.05, 0) is 45.1 Å². The minimum atomic E-state index is 0.113. The fourth-order valence-electron chi connectivity index (χ4n) is 3.08. The van der Waals surface area contributed by atoms with Gasteiger partial charge in [0.05, 0.1) is 5.69 Å². The molecule has 2 aliphatic rings. The third-order valence-corrected chi connectivity index (χ3v) is 4.14. The van der Waals surface area contributed by atoms with Crippen LogP contribution in [0.2, 0.25) is 0 Å². The Balaban J connectivity index is 1.94. The second-order valence-corrected chi connectivity index (χ2v) is 5.48. The van der Waals surface area contributed by atoms with Crippen molar-refractivity contribution in [2.75, 3.05) is 13.1 Å². The zero-order valence-corrected chi connectivity index (χ0v) is 10.8. The highest BCUT2D eigenvalue weighted by molar-refractivity contribution is 5.21. The van der Waals surface area contributed by atoms with Crippen LogP contribution in [-0.2, 0) is 12.8 Å². The van der Waals surface area contributed by atoms with E-state index in [-0.39, 0.29) is 5.56 Å². The summed E-state index contributed by atoms with van der Waals surface area (Å²) in [5, 5.41) is 3.38. The Morgan fingerprint density at radius 1 is 1.11 bits per heavy atom. The smallest absolute Gasteiger partial charge is 0.254 e. The molecule has 1 aromatic rings. The lowest BCUT2D eigenvalue weighted by atomic mass is 9.98. The number of rotatable bonds is 1. The molecule has 1 aliphatic carbocycles. The molecule has 0 spiro atoms. The summed E-state index contributed by atoms with van der Waals surface area (Å²) in [5.41, 5.74) is 2.12. The SMILES string of the molecule is O=c1[nH]c(C2CCCNC2)nc2c1CCCCC2. The molecule has 3 rings (SSSR count). The molecule has 1 fully saturated rings. The van der Waals surface area contributed by atoms with Gasteiger partial charge in [-0.3, -0.25) is 4.79 Å². The molecule has 0 bridgehead atoms. The minimum Gasteiger partial charge on any atom is -0.316 e. The second-order valence-electron chi connectivity index (χ2n) is 5.48. The zero-order chi connectivity index (χ0) is 12.4. The van der Waals surface area contributed by atoms with Crippen molar-refractivity contribution in [3.63, 3.8) is 0 Å². The monoisotopic (exact) mass is 247 g/mol. The molecule has 1 saturated heterocycles. The summed E-state index contributed by atoms with van der Waals surface area (Å²) in [5.74, 6) is 1.30. The number of hydrogen-bond acceptors (Lipinski definition) is 3. The van der Waals surface area contributed by atoms with E-state index in [1.807, 2.05) is 0 Å². The Labute approximate surface area is 107 Å². The molecular weight excluding hydrogens is 226 g/mol. The van der Waals surface area contributed by atoms with Gasteiger partial charge in [0, 0.05) is 18.0 Å². The summed E-state index contributed by atoms with van der Waals surface area (Å²) >= 11 is 0. The number of aromatic amines is 1. The molecule has 1 aromatic heterocycles. The van der Waals surface area contributed by atoms with Crippen LogP contribution in [-0.4, -0.2) is 23.1 Å². The molecule has 0 aromatic carbocycles. The summed E-state index contributed by atoms with van der Waals surface area (Å²) in [6, 6.07) is 0. The Hall–Kier alpha value is -1.16. The van der Waals surface area contributed by atoms with E-state index in [9.17, 15) is 4.79 Å². The van der Waals surface area contributed by atoms with Crippen LogP contribution in [0.4, 0.5) is 0 Å². The third-order valence-electron chi connectivity index (χ3n) is 4.14. The normalized spacial score (nSPS) is 24.3. The number of aryl methyl sites for hydroxylation is 1. The molecule has 0 radical (unpaired) electrons. The highest BCUT2D eigenvalue weighted by Gasteiger charge is 2.20. The van der Waals surface area contributed by atoms with Crippen LogP contribution < -0.4 is 10.9 Å². The fourth-order valence-corrected chi connectivity index (χ4v) is 3.08. The van der Waals surface area contributed by atoms with Crippen LogP contribution in [0, 0.1) is 0 Å². The Morgan fingerprint density at radius 3 is 2.83 bits per heavy atom. The molecule has 4 heteroatoms. The Kier molecular flexibility index (Phi) is 3.46. The van der Waals surface area contributed by atoms with Crippen LogP contribution in [0.15, 0.2) is 4.79 Å². The van der Waals surface area contributed by atoms with E-state index >= 15 is 0 Å². The highest BCUT2D eigenvalue weighted by Crippen LogP contribution is 2.22. The first-order valence-electron chi connectivity index (χ1n) is 7.17. The van der Waals surface area contributed by atoms with Gasteiger partial charge in [-0.25, -0.2) is 4.98 Å². The van der Waals surface area contributed by atoms with Crippen molar-refractivity contribution in [1.29, 1.82) is 0 Å². The average molecular weight is 247 g/mol. The maximum Gasteiger partial charge on any atom is 0.254 e. The van der Waals surface area contributed by atoms with Crippen LogP contribution in [0.1, 0.15) is 55.1 Å². The van der Waals surface area contributed by atoms with Gasteiger partial charge >= 0.3 is 0 Å². The minimum absolute atomic E-state index is 0.113. The Bertz CT molecular complexity index is 474. The third kappa shape index (κ3) is 2.34. The number of piperidine rings is 1. The van der Waals surface area contributed by atoms with Crippen LogP contribution in [0.3, 0.4) is 0 Å². The zero-order valence-electron chi connectivity index (χ0n) is 10.8. The predicted molar refractivity (Wildman–Crippen MR) is 71.0 cm³/mol. The largest absolute Gasteiger partial charge is 0.316 e. The molecule has 0 saturated carbocycles. The van der Waals surface area contributed by atoms with Crippen molar-refractivity contribution in [3.05, 3.63) is 27.4 Å². The summed E-state index contributed by atoms with van der Waals surface area (Å²) in [4.78, 5) is 20.0. The topological polar surface area (TPSA) is 57.8 Å². The van der Waals surface area contributed by atoms with E-state index in [2.05, 4.69) is 10.3 Å².